The van der Waals surface area contributed by atoms with E-state index in [1.54, 1.807) is 4.90 Å². The van der Waals surface area contributed by atoms with Crippen LogP contribution in [0, 0.1) is 0 Å². The van der Waals surface area contributed by atoms with E-state index in [9.17, 15) is 4.79 Å². The predicted octanol–water partition coefficient (Wildman–Crippen LogP) is 3.77. The summed E-state index contributed by atoms with van der Waals surface area (Å²) in [7, 11) is 1.85. The van der Waals surface area contributed by atoms with Gasteiger partial charge >= 0.3 is 0 Å². The van der Waals surface area contributed by atoms with E-state index >= 15 is 0 Å². The van der Waals surface area contributed by atoms with Gasteiger partial charge < -0.3 is 9.80 Å². The molecule has 1 aromatic carbocycles. The Morgan fingerprint density at radius 3 is 2.18 bits per heavy atom. The number of aryl methyl sites for hydroxylation is 1. The van der Waals surface area contributed by atoms with E-state index in [0.717, 1.165) is 38.2 Å². The number of carbonyl (C=O) groups is 1. The Kier molecular flexibility index (Phi) is 9.33. The Balaban J connectivity index is 2.49. The summed E-state index contributed by atoms with van der Waals surface area (Å²) in [6.45, 7) is 4.35. The number of hydrogen-bond acceptors (Lipinski definition) is 2. The van der Waals surface area contributed by atoms with Crippen LogP contribution in [-0.2, 0) is 11.2 Å². The van der Waals surface area contributed by atoms with Crippen LogP contribution >= 0.6 is 23.2 Å². The van der Waals surface area contributed by atoms with Crippen molar-refractivity contribution in [2.45, 2.75) is 26.2 Å². The summed E-state index contributed by atoms with van der Waals surface area (Å²) in [6, 6.07) is 8.46. The lowest BCUT2D eigenvalue weighted by atomic mass is 10.1. The highest BCUT2D eigenvalue weighted by atomic mass is 35.5. The molecule has 5 heteroatoms. The normalized spacial score (nSPS) is 10.5. The average molecular weight is 345 g/mol. The molecule has 0 spiro atoms. The van der Waals surface area contributed by atoms with Gasteiger partial charge in [-0.15, -0.1) is 23.2 Å². The van der Waals surface area contributed by atoms with E-state index in [4.69, 9.17) is 23.2 Å². The molecule has 0 saturated heterocycles. The van der Waals surface area contributed by atoms with Crippen LogP contribution in [0.15, 0.2) is 24.3 Å². The number of rotatable bonds is 10. The van der Waals surface area contributed by atoms with Crippen molar-refractivity contribution in [3.63, 3.8) is 0 Å². The summed E-state index contributed by atoms with van der Waals surface area (Å²) >= 11 is 11.7. The van der Waals surface area contributed by atoms with Crippen LogP contribution in [-0.4, -0.2) is 49.2 Å². The topological polar surface area (TPSA) is 23.6 Å². The van der Waals surface area contributed by atoms with E-state index < -0.39 is 0 Å². The maximum Gasteiger partial charge on any atom is 0.222 e. The molecular formula is C17H26Cl2N2O. The quantitative estimate of drug-likeness (QED) is 0.603. The summed E-state index contributed by atoms with van der Waals surface area (Å²) in [6.07, 6.45) is 2.42. The van der Waals surface area contributed by atoms with Gasteiger partial charge in [0.15, 0.2) is 0 Å². The lowest BCUT2D eigenvalue weighted by Crippen LogP contribution is -2.27. The maximum absolute atomic E-state index is 11.7. The number of benzene rings is 1. The molecule has 0 aliphatic heterocycles. The molecule has 22 heavy (non-hydrogen) atoms. The molecule has 1 aromatic rings. The molecule has 1 amide bonds. The summed E-state index contributed by atoms with van der Waals surface area (Å²) in [5.74, 6) is 1.40. The Morgan fingerprint density at radius 2 is 1.68 bits per heavy atom. The summed E-state index contributed by atoms with van der Waals surface area (Å²) < 4.78 is 0. The minimum Gasteiger partial charge on any atom is -0.369 e. The Morgan fingerprint density at radius 1 is 1.09 bits per heavy atom. The molecule has 3 nitrogen and oxygen atoms in total. The second-order valence-corrected chi connectivity index (χ2v) is 6.05. The van der Waals surface area contributed by atoms with Crippen LogP contribution in [0.5, 0.6) is 0 Å². The van der Waals surface area contributed by atoms with Gasteiger partial charge in [-0.2, -0.15) is 0 Å². The molecule has 0 unspecified atom stereocenters. The van der Waals surface area contributed by atoms with Crippen LogP contribution in [0.3, 0.4) is 0 Å². The highest BCUT2D eigenvalue weighted by Gasteiger charge is 2.07. The Hall–Kier alpha value is -0.930. The molecule has 124 valence electrons. The van der Waals surface area contributed by atoms with Gasteiger partial charge in [0.25, 0.3) is 0 Å². The van der Waals surface area contributed by atoms with Gasteiger partial charge in [0.05, 0.1) is 0 Å². The van der Waals surface area contributed by atoms with Crippen LogP contribution in [0.1, 0.15) is 25.3 Å². The number of halogens is 2. The van der Waals surface area contributed by atoms with Crippen LogP contribution in [0.4, 0.5) is 5.69 Å². The third-order valence-corrected chi connectivity index (χ3v) is 4.10. The first kappa shape index (κ1) is 19.1. The smallest absolute Gasteiger partial charge is 0.222 e. The monoisotopic (exact) mass is 344 g/mol. The third kappa shape index (κ3) is 6.45. The zero-order valence-corrected chi connectivity index (χ0v) is 15.0. The predicted molar refractivity (Wildman–Crippen MR) is 96.3 cm³/mol. The van der Waals surface area contributed by atoms with Crippen molar-refractivity contribution in [2.24, 2.45) is 0 Å². The molecule has 0 fully saturated rings. The molecule has 1 rings (SSSR count). The fraction of sp³-hybridized carbons (Fsp3) is 0.588. The van der Waals surface area contributed by atoms with Gasteiger partial charge in [0, 0.05) is 50.6 Å². The van der Waals surface area contributed by atoms with Gasteiger partial charge in [0.2, 0.25) is 5.91 Å². The summed E-state index contributed by atoms with van der Waals surface area (Å²) in [5.41, 5.74) is 2.40. The SMILES string of the molecule is CCN(C)C(=O)CCCc1ccc(N(CCCl)CCCl)cc1. The average Bonchev–Trinajstić information content (AvgIpc) is 2.54. The van der Waals surface area contributed by atoms with E-state index in [2.05, 4.69) is 29.2 Å². The Labute approximate surface area is 144 Å². The summed E-state index contributed by atoms with van der Waals surface area (Å²) in [4.78, 5) is 15.7. The minimum absolute atomic E-state index is 0.217. The van der Waals surface area contributed by atoms with Crippen molar-refractivity contribution < 1.29 is 4.79 Å². The van der Waals surface area contributed by atoms with E-state index in [-0.39, 0.29) is 5.91 Å². The van der Waals surface area contributed by atoms with Gasteiger partial charge in [-0.05, 0) is 37.5 Å². The number of hydrogen-bond donors (Lipinski definition) is 0. The first-order valence-electron chi connectivity index (χ1n) is 7.82. The van der Waals surface area contributed by atoms with Gasteiger partial charge in [0.1, 0.15) is 0 Å². The number of alkyl halides is 2. The molecule has 0 heterocycles. The Bertz CT molecular complexity index is 431. The van der Waals surface area contributed by atoms with Crippen molar-refractivity contribution in [3.8, 4) is 0 Å². The van der Waals surface area contributed by atoms with Gasteiger partial charge in [-0.25, -0.2) is 0 Å². The maximum atomic E-state index is 11.7. The van der Waals surface area contributed by atoms with Crippen molar-refractivity contribution in [2.75, 3.05) is 43.3 Å². The lowest BCUT2D eigenvalue weighted by Gasteiger charge is -2.23. The molecular weight excluding hydrogens is 319 g/mol. The highest BCUT2D eigenvalue weighted by Crippen LogP contribution is 2.17. The molecule has 0 saturated carbocycles. The van der Waals surface area contributed by atoms with Crippen molar-refractivity contribution >= 4 is 34.8 Å². The first-order chi connectivity index (χ1) is 10.6. The standard InChI is InChI=1S/C17H26Cl2N2O/c1-3-20(2)17(22)6-4-5-15-7-9-16(10-8-15)21(13-11-18)14-12-19/h7-10H,3-6,11-14H2,1-2H3. The lowest BCUT2D eigenvalue weighted by molar-refractivity contribution is -0.129. The number of nitrogens with zero attached hydrogens (tertiary/aromatic N) is 2. The van der Waals surface area contributed by atoms with Crippen LogP contribution < -0.4 is 4.90 Å². The zero-order chi connectivity index (χ0) is 16.4. The number of carbonyl (C=O) groups excluding carboxylic acids is 1. The second-order valence-electron chi connectivity index (χ2n) is 5.29. The van der Waals surface area contributed by atoms with Crippen molar-refractivity contribution in [1.82, 2.24) is 4.90 Å². The molecule has 0 atom stereocenters. The van der Waals surface area contributed by atoms with Crippen molar-refractivity contribution in [3.05, 3.63) is 29.8 Å². The van der Waals surface area contributed by atoms with E-state index in [0.29, 0.717) is 18.2 Å². The van der Waals surface area contributed by atoms with Gasteiger partial charge in [-0.3, -0.25) is 4.79 Å². The largest absolute Gasteiger partial charge is 0.369 e. The molecule has 0 aliphatic rings. The molecule has 0 bridgehead atoms. The molecule has 0 aliphatic carbocycles. The number of amides is 1. The zero-order valence-electron chi connectivity index (χ0n) is 13.5. The third-order valence-electron chi connectivity index (χ3n) is 3.77. The second kappa shape index (κ2) is 10.7. The number of anilines is 1. The van der Waals surface area contributed by atoms with E-state index in [1.165, 1.54) is 5.56 Å². The van der Waals surface area contributed by atoms with Crippen molar-refractivity contribution in [1.29, 1.82) is 0 Å². The van der Waals surface area contributed by atoms with Crippen LogP contribution in [0.2, 0.25) is 0 Å². The fourth-order valence-electron chi connectivity index (χ4n) is 2.26. The summed E-state index contributed by atoms with van der Waals surface area (Å²) in [5, 5.41) is 0. The highest BCUT2D eigenvalue weighted by molar-refractivity contribution is 6.18. The fourth-order valence-corrected chi connectivity index (χ4v) is 2.67. The molecule has 0 radical (unpaired) electrons. The minimum atomic E-state index is 0.217. The first-order valence-corrected chi connectivity index (χ1v) is 8.89. The van der Waals surface area contributed by atoms with E-state index in [1.807, 2.05) is 14.0 Å². The van der Waals surface area contributed by atoms with Gasteiger partial charge in [-0.1, -0.05) is 12.1 Å². The van der Waals surface area contributed by atoms with Crippen LogP contribution in [0.25, 0.3) is 0 Å². The molecule has 0 N–H and O–H groups in total. The molecule has 0 aromatic heterocycles.